The summed E-state index contributed by atoms with van der Waals surface area (Å²) >= 11 is 0. The maximum atomic E-state index is 5.96. The van der Waals surface area contributed by atoms with Crippen molar-refractivity contribution in [1.29, 1.82) is 0 Å². The Morgan fingerprint density at radius 3 is 2.90 bits per heavy atom. The molecule has 20 heavy (non-hydrogen) atoms. The van der Waals surface area contributed by atoms with E-state index in [4.69, 9.17) is 5.73 Å². The molecule has 2 aromatic heterocycles. The number of aryl methyl sites for hydroxylation is 2. The molecule has 5 nitrogen and oxygen atoms in total. The quantitative estimate of drug-likeness (QED) is 0.715. The Hall–Kier alpha value is -2.56. The van der Waals surface area contributed by atoms with Gasteiger partial charge in [0.25, 0.3) is 0 Å². The standard InChI is InChI=1S/C15H17N5/c1-10-11(9-20(2)19-10)8-18-14-6-5-13(16)15-12(14)4-3-7-17-15/h3-7,9,18H,8,16H2,1-2H3. The summed E-state index contributed by atoms with van der Waals surface area (Å²) in [6.07, 6.45) is 3.79. The summed E-state index contributed by atoms with van der Waals surface area (Å²) in [7, 11) is 1.93. The number of aromatic nitrogens is 3. The van der Waals surface area contributed by atoms with Gasteiger partial charge in [-0.1, -0.05) is 0 Å². The molecule has 0 fully saturated rings. The topological polar surface area (TPSA) is 68.8 Å². The molecule has 0 aliphatic carbocycles. The smallest absolute Gasteiger partial charge is 0.0951 e. The number of anilines is 2. The van der Waals surface area contributed by atoms with Crippen LogP contribution in [-0.2, 0) is 13.6 Å². The summed E-state index contributed by atoms with van der Waals surface area (Å²) in [5.74, 6) is 0. The van der Waals surface area contributed by atoms with Crippen molar-refractivity contribution in [2.24, 2.45) is 7.05 Å². The van der Waals surface area contributed by atoms with E-state index < -0.39 is 0 Å². The number of nitrogens with one attached hydrogen (secondary N) is 1. The lowest BCUT2D eigenvalue weighted by atomic mass is 10.1. The molecule has 0 aliphatic rings. The van der Waals surface area contributed by atoms with Crippen LogP contribution in [0.4, 0.5) is 11.4 Å². The molecule has 0 amide bonds. The maximum absolute atomic E-state index is 5.96. The Labute approximate surface area is 117 Å². The lowest BCUT2D eigenvalue weighted by Crippen LogP contribution is -2.01. The Kier molecular flexibility index (Phi) is 3.02. The normalized spacial score (nSPS) is 10.9. The van der Waals surface area contributed by atoms with Gasteiger partial charge < -0.3 is 11.1 Å². The average molecular weight is 267 g/mol. The number of nitrogen functional groups attached to an aromatic ring is 1. The minimum absolute atomic E-state index is 0.698. The van der Waals surface area contributed by atoms with E-state index in [0.29, 0.717) is 5.69 Å². The number of rotatable bonds is 3. The predicted molar refractivity (Wildman–Crippen MR) is 81.4 cm³/mol. The molecule has 102 valence electrons. The zero-order valence-electron chi connectivity index (χ0n) is 11.6. The molecule has 3 aromatic rings. The fourth-order valence-corrected chi connectivity index (χ4v) is 2.36. The van der Waals surface area contributed by atoms with E-state index in [-0.39, 0.29) is 0 Å². The van der Waals surface area contributed by atoms with E-state index in [1.807, 2.05) is 49.1 Å². The van der Waals surface area contributed by atoms with Crippen LogP contribution in [0.5, 0.6) is 0 Å². The number of fused-ring (bicyclic) bond motifs is 1. The van der Waals surface area contributed by atoms with Crippen molar-refractivity contribution < 1.29 is 0 Å². The third-order valence-corrected chi connectivity index (χ3v) is 3.39. The Balaban J connectivity index is 1.92. The van der Waals surface area contributed by atoms with E-state index in [0.717, 1.165) is 28.8 Å². The zero-order valence-corrected chi connectivity index (χ0v) is 11.6. The number of hydrogen-bond donors (Lipinski definition) is 2. The number of benzene rings is 1. The van der Waals surface area contributed by atoms with E-state index in [1.165, 1.54) is 5.56 Å². The monoisotopic (exact) mass is 267 g/mol. The van der Waals surface area contributed by atoms with Crippen molar-refractivity contribution in [2.75, 3.05) is 11.1 Å². The van der Waals surface area contributed by atoms with Gasteiger partial charge in [0, 0.05) is 42.6 Å². The van der Waals surface area contributed by atoms with E-state index in [2.05, 4.69) is 15.4 Å². The number of hydrogen-bond acceptors (Lipinski definition) is 4. The molecule has 0 radical (unpaired) electrons. The molecule has 0 bridgehead atoms. The third-order valence-electron chi connectivity index (χ3n) is 3.39. The molecular weight excluding hydrogens is 250 g/mol. The number of pyridine rings is 1. The van der Waals surface area contributed by atoms with Crippen LogP contribution in [0, 0.1) is 6.92 Å². The van der Waals surface area contributed by atoms with Crippen molar-refractivity contribution >= 4 is 22.3 Å². The van der Waals surface area contributed by atoms with Crippen molar-refractivity contribution in [3.8, 4) is 0 Å². The van der Waals surface area contributed by atoms with E-state index in [9.17, 15) is 0 Å². The maximum Gasteiger partial charge on any atom is 0.0951 e. The van der Waals surface area contributed by atoms with Crippen LogP contribution >= 0.6 is 0 Å². The Morgan fingerprint density at radius 1 is 1.30 bits per heavy atom. The van der Waals surface area contributed by atoms with Gasteiger partial charge in [-0.15, -0.1) is 0 Å². The molecule has 0 unspecified atom stereocenters. The molecular formula is C15H17N5. The van der Waals surface area contributed by atoms with Crippen LogP contribution < -0.4 is 11.1 Å². The second-order valence-corrected chi connectivity index (χ2v) is 4.87. The summed E-state index contributed by atoms with van der Waals surface area (Å²) in [6, 6.07) is 7.82. The van der Waals surface area contributed by atoms with Crippen molar-refractivity contribution in [3.05, 3.63) is 47.9 Å². The van der Waals surface area contributed by atoms with Gasteiger partial charge in [0.15, 0.2) is 0 Å². The average Bonchev–Trinajstić information content (AvgIpc) is 2.77. The van der Waals surface area contributed by atoms with Crippen molar-refractivity contribution in [1.82, 2.24) is 14.8 Å². The molecule has 3 rings (SSSR count). The zero-order chi connectivity index (χ0) is 14.1. The highest BCUT2D eigenvalue weighted by Gasteiger charge is 2.06. The summed E-state index contributed by atoms with van der Waals surface area (Å²) in [5, 5.41) is 8.82. The van der Waals surface area contributed by atoms with Gasteiger partial charge >= 0.3 is 0 Å². The minimum Gasteiger partial charge on any atom is -0.397 e. The van der Waals surface area contributed by atoms with E-state index >= 15 is 0 Å². The molecule has 3 N–H and O–H groups in total. The first-order valence-corrected chi connectivity index (χ1v) is 6.51. The van der Waals surface area contributed by atoms with Gasteiger partial charge in [-0.3, -0.25) is 9.67 Å². The highest BCUT2D eigenvalue weighted by molar-refractivity contribution is 5.98. The lowest BCUT2D eigenvalue weighted by molar-refractivity contribution is 0.756. The molecule has 0 atom stereocenters. The molecule has 5 heteroatoms. The summed E-state index contributed by atoms with van der Waals surface area (Å²) in [4.78, 5) is 4.34. The SMILES string of the molecule is Cc1nn(C)cc1CNc1ccc(N)c2ncccc12. The second-order valence-electron chi connectivity index (χ2n) is 4.87. The Morgan fingerprint density at radius 2 is 2.15 bits per heavy atom. The van der Waals surface area contributed by atoms with Crippen LogP contribution in [0.2, 0.25) is 0 Å². The number of nitrogens with two attached hydrogens (primary N) is 1. The van der Waals surface area contributed by atoms with Crippen molar-refractivity contribution in [3.63, 3.8) is 0 Å². The Bertz CT molecular complexity index is 760. The predicted octanol–water partition coefficient (Wildman–Crippen LogP) is 2.47. The molecule has 0 spiro atoms. The van der Waals surface area contributed by atoms with Crippen molar-refractivity contribution in [2.45, 2.75) is 13.5 Å². The largest absolute Gasteiger partial charge is 0.397 e. The molecule has 1 aromatic carbocycles. The second kappa shape index (κ2) is 4.85. The first-order chi connectivity index (χ1) is 9.65. The van der Waals surface area contributed by atoms with Gasteiger partial charge in [0.05, 0.1) is 16.9 Å². The van der Waals surface area contributed by atoms with Crippen LogP contribution in [0.1, 0.15) is 11.3 Å². The van der Waals surface area contributed by atoms with Crippen LogP contribution in [0.25, 0.3) is 10.9 Å². The van der Waals surface area contributed by atoms with Gasteiger partial charge in [-0.2, -0.15) is 5.10 Å². The van der Waals surface area contributed by atoms with Gasteiger partial charge in [0.1, 0.15) is 0 Å². The van der Waals surface area contributed by atoms with Gasteiger partial charge in [-0.05, 0) is 31.2 Å². The highest BCUT2D eigenvalue weighted by atomic mass is 15.2. The third kappa shape index (κ3) is 2.18. The first kappa shape index (κ1) is 12.5. The van der Waals surface area contributed by atoms with Gasteiger partial charge in [-0.25, -0.2) is 0 Å². The molecule has 0 saturated heterocycles. The lowest BCUT2D eigenvalue weighted by Gasteiger charge is -2.10. The van der Waals surface area contributed by atoms with E-state index in [1.54, 1.807) is 6.20 Å². The summed E-state index contributed by atoms with van der Waals surface area (Å²) in [5.41, 5.74) is 10.7. The number of nitrogens with zero attached hydrogens (tertiary/aromatic N) is 3. The first-order valence-electron chi connectivity index (χ1n) is 6.51. The fourth-order valence-electron chi connectivity index (χ4n) is 2.36. The molecule has 2 heterocycles. The summed E-state index contributed by atoms with van der Waals surface area (Å²) in [6.45, 7) is 2.74. The molecule has 0 saturated carbocycles. The van der Waals surface area contributed by atoms with Crippen LogP contribution in [0.3, 0.4) is 0 Å². The van der Waals surface area contributed by atoms with Crippen LogP contribution in [0.15, 0.2) is 36.7 Å². The minimum atomic E-state index is 0.698. The highest BCUT2D eigenvalue weighted by Crippen LogP contribution is 2.26. The summed E-state index contributed by atoms with van der Waals surface area (Å²) < 4.78 is 1.83. The van der Waals surface area contributed by atoms with Crippen LogP contribution in [-0.4, -0.2) is 14.8 Å². The fraction of sp³-hybridized carbons (Fsp3) is 0.200. The molecule has 0 aliphatic heterocycles. The van der Waals surface area contributed by atoms with Gasteiger partial charge in [0.2, 0.25) is 0 Å².